The number of fused-ring (bicyclic) bond motifs is 2. The van der Waals surface area contributed by atoms with E-state index in [1.165, 1.54) is 6.39 Å². The molecule has 0 aliphatic carbocycles. The molecule has 0 unspecified atom stereocenters. The lowest BCUT2D eigenvalue weighted by Crippen LogP contribution is -2.24. The van der Waals surface area contributed by atoms with E-state index in [2.05, 4.69) is 31.2 Å². The van der Waals surface area contributed by atoms with Gasteiger partial charge in [0.05, 0.1) is 33.4 Å². The fourth-order valence-corrected chi connectivity index (χ4v) is 8.00. The summed E-state index contributed by atoms with van der Waals surface area (Å²) in [4.78, 5) is 34.6. The zero-order valence-electron chi connectivity index (χ0n) is 28.5. The van der Waals surface area contributed by atoms with E-state index in [9.17, 15) is 15.0 Å². The summed E-state index contributed by atoms with van der Waals surface area (Å²) < 4.78 is 5.85. The monoisotopic (exact) mass is 737 g/mol. The number of nitrogens with zero attached hydrogens (tertiary/aromatic N) is 6. The van der Waals surface area contributed by atoms with Crippen LogP contribution in [0.3, 0.4) is 0 Å². The maximum Gasteiger partial charge on any atom is 0.307 e. The number of aliphatic hydroxyl groups excluding tert-OH is 1. The number of aliphatic carboxylic acids is 1. The third-order valence-corrected chi connectivity index (χ3v) is 10.9. The Hall–Kier alpha value is -4.65. The summed E-state index contributed by atoms with van der Waals surface area (Å²) in [6, 6.07) is 13.7. The van der Waals surface area contributed by atoms with Crippen molar-refractivity contribution in [3.8, 4) is 22.4 Å². The van der Waals surface area contributed by atoms with Crippen LogP contribution in [0.25, 0.3) is 44.4 Å². The van der Waals surface area contributed by atoms with Crippen LogP contribution in [0.15, 0.2) is 71.9 Å². The molecule has 13 heteroatoms. The first kappa shape index (κ1) is 34.4. The predicted octanol–water partition coefficient (Wildman–Crippen LogP) is 7.37. The first-order valence-corrected chi connectivity index (χ1v) is 18.1. The quantitative estimate of drug-likeness (QED) is 0.130. The van der Waals surface area contributed by atoms with Gasteiger partial charge in [-0.15, -0.1) is 0 Å². The van der Waals surface area contributed by atoms with Crippen LogP contribution in [-0.4, -0.2) is 84.7 Å². The maximum atomic E-state index is 11.6. The van der Waals surface area contributed by atoms with E-state index < -0.39 is 5.97 Å². The normalized spacial score (nSPS) is 18.2. The Morgan fingerprint density at radius 3 is 2.60 bits per heavy atom. The Kier molecular flexibility index (Phi) is 9.54. The highest BCUT2D eigenvalue weighted by molar-refractivity contribution is 6.36. The van der Waals surface area contributed by atoms with E-state index in [0.29, 0.717) is 64.4 Å². The largest absolute Gasteiger partial charge is 0.481 e. The van der Waals surface area contributed by atoms with Gasteiger partial charge in [0, 0.05) is 73.4 Å². The average molecular weight is 739 g/mol. The Morgan fingerprint density at radius 2 is 1.79 bits per heavy atom. The zero-order valence-corrected chi connectivity index (χ0v) is 30.0. The van der Waals surface area contributed by atoms with Gasteiger partial charge in [-0.3, -0.25) is 19.7 Å². The van der Waals surface area contributed by atoms with Gasteiger partial charge in [0.1, 0.15) is 11.0 Å². The lowest BCUT2D eigenvalue weighted by molar-refractivity contribution is -0.141. The first-order valence-electron chi connectivity index (χ1n) is 17.4. The Labute approximate surface area is 310 Å². The Balaban J connectivity index is 1.09. The first-order chi connectivity index (χ1) is 25.2. The highest BCUT2D eigenvalue weighted by Crippen LogP contribution is 2.42. The van der Waals surface area contributed by atoms with Crippen LogP contribution >= 0.6 is 23.2 Å². The van der Waals surface area contributed by atoms with Crippen molar-refractivity contribution in [3.63, 3.8) is 0 Å². The fraction of sp³-hybridized carbons (Fsp3) is 0.308. The highest BCUT2D eigenvalue weighted by atomic mass is 35.5. The van der Waals surface area contributed by atoms with Crippen LogP contribution < -0.4 is 5.32 Å². The Bertz CT molecular complexity index is 2310. The molecule has 3 N–H and O–H groups in total. The molecule has 6 heterocycles. The van der Waals surface area contributed by atoms with Crippen molar-refractivity contribution < 1.29 is 19.4 Å². The standard InChI is InChI=1S/C39H37Cl2N7O4/c1-22-28(2-3-31(40)34(22)46-38-35-25(4-9-43-38)14-23(17-44-35)6-11-47-13-8-27(49)20-47)36-33(41)29(5-10-42-36)30-15-24(16-32-37(30)52-21-45-32)18-48-12-7-26(19-48)39(50)51/h2-5,9-10,14-17,21,26-27,49H,6-8,11-13,18-20H2,1H3,(H,43,46)(H,50,51)/t26-,27-/m1/s1. The molecule has 2 aromatic carbocycles. The summed E-state index contributed by atoms with van der Waals surface area (Å²) in [7, 11) is 0. The summed E-state index contributed by atoms with van der Waals surface area (Å²) in [5, 5.41) is 24.7. The van der Waals surface area contributed by atoms with Crippen molar-refractivity contribution in [1.82, 2.24) is 29.7 Å². The summed E-state index contributed by atoms with van der Waals surface area (Å²) in [5.41, 5.74) is 8.54. The molecule has 4 aromatic heterocycles. The van der Waals surface area contributed by atoms with Crippen LogP contribution in [0.4, 0.5) is 11.5 Å². The van der Waals surface area contributed by atoms with Gasteiger partial charge >= 0.3 is 5.97 Å². The molecule has 11 nitrogen and oxygen atoms in total. The van der Waals surface area contributed by atoms with E-state index in [0.717, 1.165) is 76.8 Å². The topological polar surface area (TPSA) is 141 Å². The third-order valence-electron chi connectivity index (χ3n) is 10.2. The summed E-state index contributed by atoms with van der Waals surface area (Å²) in [6.07, 6.45) is 8.86. The van der Waals surface area contributed by atoms with Gasteiger partial charge < -0.3 is 24.8 Å². The number of anilines is 2. The van der Waals surface area contributed by atoms with Crippen molar-refractivity contribution in [3.05, 3.63) is 94.2 Å². The highest BCUT2D eigenvalue weighted by Gasteiger charge is 2.28. The molecule has 2 aliphatic heterocycles. The van der Waals surface area contributed by atoms with E-state index in [-0.39, 0.29) is 12.0 Å². The number of likely N-dealkylation sites (tertiary alicyclic amines) is 2. The van der Waals surface area contributed by atoms with Crippen LogP contribution in [0, 0.1) is 12.8 Å². The number of hydrogen-bond donors (Lipinski definition) is 3. The molecule has 2 atom stereocenters. The maximum absolute atomic E-state index is 11.6. The number of aromatic nitrogens is 4. The molecule has 8 rings (SSSR count). The van der Waals surface area contributed by atoms with Gasteiger partial charge in [0.2, 0.25) is 0 Å². The third kappa shape index (κ3) is 6.82. The fourth-order valence-electron chi connectivity index (χ4n) is 7.44. The average Bonchev–Trinajstić information content (AvgIpc) is 3.91. The van der Waals surface area contributed by atoms with Crippen molar-refractivity contribution in [2.24, 2.45) is 5.92 Å². The molecule has 0 bridgehead atoms. The number of carboxylic acids is 1. The van der Waals surface area contributed by atoms with Gasteiger partial charge in [-0.25, -0.2) is 9.97 Å². The smallest absolute Gasteiger partial charge is 0.307 e. The number of halogens is 2. The molecule has 0 amide bonds. The molecule has 2 aliphatic rings. The van der Waals surface area contributed by atoms with Gasteiger partial charge in [0.15, 0.2) is 17.8 Å². The van der Waals surface area contributed by atoms with E-state index in [1.54, 1.807) is 12.4 Å². The SMILES string of the molecule is Cc1c(-c2nccc(-c3cc(CN4CC[C@@H](C(=O)O)C4)cc4ncoc34)c2Cl)ccc(Cl)c1Nc1nccc2cc(CCN3CC[C@@H](O)C3)cnc12. The van der Waals surface area contributed by atoms with Gasteiger partial charge in [-0.1, -0.05) is 29.3 Å². The van der Waals surface area contributed by atoms with Gasteiger partial charge in [0.25, 0.3) is 0 Å². The van der Waals surface area contributed by atoms with Crippen molar-refractivity contribution in [2.75, 3.05) is 38.0 Å². The number of nitrogens with one attached hydrogen (secondary N) is 1. The molecular formula is C39H37Cl2N7O4. The minimum absolute atomic E-state index is 0.232. The second-order valence-electron chi connectivity index (χ2n) is 13.7. The molecule has 2 fully saturated rings. The van der Waals surface area contributed by atoms with Crippen molar-refractivity contribution in [2.45, 2.75) is 38.8 Å². The number of carboxylic acid groups (broad SMARTS) is 1. The van der Waals surface area contributed by atoms with Gasteiger partial charge in [-0.2, -0.15) is 0 Å². The summed E-state index contributed by atoms with van der Waals surface area (Å²) in [5.74, 6) is -0.534. The minimum atomic E-state index is -0.757. The molecule has 52 heavy (non-hydrogen) atoms. The number of carbonyl (C=O) groups is 1. The van der Waals surface area contributed by atoms with Crippen LogP contribution in [0.1, 0.15) is 29.5 Å². The molecule has 2 saturated heterocycles. The number of hydrogen-bond acceptors (Lipinski definition) is 10. The number of oxazole rings is 1. The van der Waals surface area contributed by atoms with Crippen molar-refractivity contribution >= 4 is 62.7 Å². The lowest BCUT2D eigenvalue weighted by Gasteiger charge is -2.18. The number of aliphatic hydroxyl groups is 1. The number of rotatable bonds is 10. The number of benzene rings is 2. The predicted molar refractivity (Wildman–Crippen MR) is 202 cm³/mol. The number of β-amino-alcohol motifs (C(OH)–C–C–N with tert-alkyl or cyclic N) is 1. The minimum Gasteiger partial charge on any atom is -0.481 e. The molecular weight excluding hydrogens is 701 g/mol. The lowest BCUT2D eigenvalue weighted by atomic mass is 9.97. The second kappa shape index (κ2) is 14.4. The molecule has 0 spiro atoms. The van der Waals surface area contributed by atoms with E-state index in [4.69, 9.17) is 37.6 Å². The summed E-state index contributed by atoms with van der Waals surface area (Å²) >= 11 is 14.0. The molecule has 0 saturated carbocycles. The van der Waals surface area contributed by atoms with Gasteiger partial charge in [-0.05, 0) is 85.8 Å². The van der Waals surface area contributed by atoms with E-state index in [1.807, 2.05) is 49.5 Å². The number of pyridine rings is 3. The van der Waals surface area contributed by atoms with Crippen LogP contribution in [-0.2, 0) is 17.8 Å². The summed E-state index contributed by atoms with van der Waals surface area (Å²) in [6.45, 7) is 6.29. The van der Waals surface area contributed by atoms with E-state index >= 15 is 0 Å². The second-order valence-corrected chi connectivity index (χ2v) is 14.5. The van der Waals surface area contributed by atoms with Crippen LogP contribution in [0.2, 0.25) is 10.0 Å². The molecule has 6 aromatic rings. The molecule has 266 valence electrons. The van der Waals surface area contributed by atoms with Crippen LogP contribution in [0.5, 0.6) is 0 Å². The van der Waals surface area contributed by atoms with Crippen molar-refractivity contribution in [1.29, 1.82) is 0 Å². The molecule has 0 radical (unpaired) electrons. The Morgan fingerprint density at radius 1 is 0.942 bits per heavy atom. The zero-order chi connectivity index (χ0) is 35.9.